The van der Waals surface area contributed by atoms with Gasteiger partial charge in [0.2, 0.25) is 0 Å². The molecule has 5 heteroatoms. The Morgan fingerprint density at radius 3 is 2.77 bits per heavy atom. The number of methoxy groups -OCH3 is 1. The van der Waals surface area contributed by atoms with Gasteiger partial charge in [0.25, 0.3) is 0 Å². The van der Waals surface area contributed by atoms with Crippen molar-refractivity contribution < 1.29 is 13.9 Å². The van der Waals surface area contributed by atoms with Gasteiger partial charge >= 0.3 is 11.6 Å². The predicted molar refractivity (Wildman–Crippen MR) is 82.7 cm³/mol. The zero-order chi connectivity index (χ0) is 15.3. The van der Waals surface area contributed by atoms with E-state index in [0.29, 0.717) is 16.5 Å². The van der Waals surface area contributed by atoms with Gasteiger partial charge in [-0.15, -0.1) is 0 Å². The minimum absolute atomic E-state index is 0.301. The van der Waals surface area contributed by atoms with Crippen LogP contribution in [0.1, 0.15) is 34.3 Å². The van der Waals surface area contributed by atoms with Gasteiger partial charge in [-0.2, -0.15) is 0 Å². The smallest absolute Gasteiger partial charge is 0.338 e. The second-order valence-corrected chi connectivity index (χ2v) is 5.90. The van der Waals surface area contributed by atoms with E-state index in [2.05, 4.69) is 4.90 Å². The molecule has 0 atom stereocenters. The molecule has 0 N–H and O–H groups in total. The maximum Gasteiger partial charge on any atom is 0.338 e. The zero-order valence-corrected chi connectivity index (χ0v) is 12.5. The predicted octanol–water partition coefficient (Wildman–Crippen LogP) is 2.28. The highest BCUT2D eigenvalue weighted by atomic mass is 16.5. The first kappa shape index (κ1) is 13.4. The number of carbonyl (C=O) groups excluding carboxylic acids is 1. The van der Waals surface area contributed by atoms with Crippen molar-refractivity contribution >= 4 is 22.6 Å². The third kappa shape index (κ3) is 1.85. The molecule has 114 valence electrons. The molecule has 22 heavy (non-hydrogen) atoms. The number of rotatable bonds is 1. The van der Waals surface area contributed by atoms with E-state index in [1.807, 2.05) is 6.07 Å². The summed E-state index contributed by atoms with van der Waals surface area (Å²) in [4.78, 5) is 26.3. The standard InChI is InChI=1S/C17H17NO4/c1-21-17(20)13-9-14(19)22-16-11-5-3-7-18-6-2-4-10(15(11)18)8-12(13)16/h8-9H,2-7H2,1H3. The molecular weight excluding hydrogens is 282 g/mol. The van der Waals surface area contributed by atoms with Gasteiger partial charge in [-0.3, -0.25) is 0 Å². The number of fused-ring (bicyclic) bond motifs is 2. The van der Waals surface area contributed by atoms with Crippen LogP contribution in [-0.4, -0.2) is 26.2 Å². The Hall–Kier alpha value is -2.30. The molecule has 0 aliphatic carbocycles. The summed E-state index contributed by atoms with van der Waals surface area (Å²) >= 11 is 0. The van der Waals surface area contributed by atoms with Crippen LogP contribution in [-0.2, 0) is 17.6 Å². The molecule has 0 fully saturated rings. The number of esters is 1. The number of aryl methyl sites for hydroxylation is 2. The normalized spacial score (nSPS) is 16.5. The second kappa shape index (κ2) is 4.87. The van der Waals surface area contributed by atoms with Gasteiger partial charge in [0.1, 0.15) is 5.58 Å². The molecule has 4 rings (SSSR count). The van der Waals surface area contributed by atoms with E-state index in [0.717, 1.165) is 44.3 Å². The van der Waals surface area contributed by atoms with Gasteiger partial charge in [0.05, 0.1) is 12.7 Å². The van der Waals surface area contributed by atoms with Crippen molar-refractivity contribution in [3.05, 3.63) is 39.2 Å². The molecule has 0 saturated heterocycles. The maximum atomic E-state index is 12.0. The average Bonchev–Trinajstić information content (AvgIpc) is 2.54. The average molecular weight is 299 g/mol. The minimum Gasteiger partial charge on any atom is -0.465 e. The Labute approximate surface area is 127 Å². The first-order valence-electron chi connectivity index (χ1n) is 7.65. The number of nitrogens with zero attached hydrogens (tertiary/aromatic N) is 1. The molecule has 0 amide bonds. The summed E-state index contributed by atoms with van der Waals surface area (Å²) in [5, 5.41) is 0.698. The maximum absolute atomic E-state index is 12.0. The van der Waals surface area contributed by atoms with E-state index in [1.54, 1.807) is 0 Å². The largest absolute Gasteiger partial charge is 0.465 e. The van der Waals surface area contributed by atoms with E-state index >= 15 is 0 Å². The first-order valence-corrected chi connectivity index (χ1v) is 7.65. The van der Waals surface area contributed by atoms with Crippen molar-refractivity contribution in [1.29, 1.82) is 0 Å². The molecule has 0 unspecified atom stereocenters. The van der Waals surface area contributed by atoms with E-state index in [9.17, 15) is 9.59 Å². The summed E-state index contributed by atoms with van der Waals surface area (Å²) in [5.41, 5.74) is 3.88. The fourth-order valence-corrected chi connectivity index (χ4v) is 3.75. The summed E-state index contributed by atoms with van der Waals surface area (Å²) in [6.45, 7) is 2.10. The molecule has 0 saturated carbocycles. The Morgan fingerprint density at radius 1 is 1.23 bits per heavy atom. The van der Waals surface area contributed by atoms with Crippen LogP contribution >= 0.6 is 0 Å². The van der Waals surface area contributed by atoms with Crippen LogP contribution in [0.15, 0.2) is 21.3 Å². The molecule has 5 nitrogen and oxygen atoms in total. The lowest BCUT2D eigenvalue weighted by Gasteiger charge is -2.37. The Morgan fingerprint density at radius 2 is 2.00 bits per heavy atom. The highest BCUT2D eigenvalue weighted by Gasteiger charge is 2.28. The van der Waals surface area contributed by atoms with Crippen LogP contribution in [0.2, 0.25) is 0 Å². The van der Waals surface area contributed by atoms with Gasteiger partial charge in [-0.1, -0.05) is 0 Å². The minimum atomic E-state index is -0.503. The lowest BCUT2D eigenvalue weighted by Crippen LogP contribution is -2.34. The number of carbonyl (C=O) groups is 1. The third-order valence-electron chi connectivity index (χ3n) is 4.63. The lowest BCUT2D eigenvalue weighted by atomic mass is 9.89. The topological polar surface area (TPSA) is 59.8 Å². The quantitative estimate of drug-likeness (QED) is 0.597. The summed E-state index contributed by atoms with van der Waals surface area (Å²) < 4.78 is 10.3. The van der Waals surface area contributed by atoms with E-state index in [1.165, 1.54) is 24.4 Å². The molecular formula is C17H17NO4. The van der Waals surface area contributed by atoms with Gasteiger partial charge < -0.3 is 14.1 Å². The number of ether oxygens (including phenoxy) is 1. The summed E-state index contributed by atoms with van der Waals surface area (Å²) in [7, 11) is 1.33. The monoisotopic (exact) mass is 299 g/mol. The second-order valence-electron chi connectivity index (χ2n) is 5.90. The molecule has 0 bridgehead atoms. The van der Waals surface area contributed by atoms with Crippen LogP contribution in [0.25, 0.3) is 11.0 Å². The van der Waals surface area contributed by atoms with Crippen LogP contribution in [0, 0.1) is 0 Å². The Kier molecular flexibility index (Phi) is 2.96. The Bertz CT molecular complexity index is 835. The van der Waals surface area contributed by atoms with Crippen molar-refractivity contribution in [2.45, 2.75) is 25.7 Å². The summed E-state index contributed by atoms with van der Waals surface area (Å²) in [6, 6.07) is 3.23. The number of anilines is 1. The molecule has 1 aromatic carbocycles. The zero-order valence-electron chi connectivity index (χ0n) is 12.5. The first-order chi connectivity index (χ1) is 10.7. The molecule has 2 aliphatic rings. The van der Waals surface area contributed by atoms with Crippen LogP contribution in [0.5, 0.6) is 0 Å². The lowest BCUT2D eigenvalue weighted by molar-refractivity contribution is 0.0602. The molecule has 3 heterocycles. The molecule has 2 aromatic rings. The van der Waals surface area contributed by atoms with Gasteiger partial charge in [-0.25, -0.2) is 9.59 Å². The van der Waals surface area contributed by atoms with E-state index in [4.69, 9.17) is 9.15 Å². The number of hydrogen-bond donors (Lipinski definition) is 0. The summed E-state index contributed by atoms with van der Waals surface area (Å²) in [5.74, 6) is -0.492. The van der Waals surface area contributed by atoms with Crippen molar-refractivity contribution in [1.82, 2.24) is 0 Å². The molecule has 1 aromatic heterocycles. The molecule has 0 radical (unpaired) electrons. The van der Waals surface area contributed by atoms with Crippen LogP contribution < -0.4 is 10.5 Å². The van der Waals surface area contributed by atoms with Crippen molar-refractivity contribution in [2.24, 2.45) is 0 Å². The Balaban J connectivity index is 2.10. The van der Waals surface area contributed by atoms with Crippen LogP contribution in [0.4, 0.5) is 5.69 Å². The van der Waals surface area contributed by atoms with Gasteiger partial charge in [0.15, 0.2) is 0 Å². The molecule has 0 spiro atoms. The SMILES string of the molecule is COC(=O)c1cc(=O)oc2c3c4c(cc12)CCCN4CCC3. The van der Waals surface area contributed by atoms with E-state index in [-0.39, 0.29) is 0 Å². The van der Waals surface area contributed by atoms with Crippen LogP contribution in [0.3, 0.4) is 0 Å². The fraction of sp³-hybridized carbons (Fsp3) is 0.412. The third-order valence-corrected chi connectivity index (χ3v) is 4.63. The van der Waals surface area contributed by atoms with Gasteiger partial charge in [-0.05, 0) is 37.3 Å². The number of hydrogen-bond acceptors (Lipinski definition) is 5. The number of benzene rings is 1. The highest BCUT2D eigenvalue weighted by molar-refractivity contribution is 6.05. The van der Waals surface area contributed by atoms with Crippen molar-refractivity contribution in [3.63, 3.8) is 0 Å². The highest BCUT2D eigenvalue weighted by Crippen LogP contribution is 2.40. The fourth-order valence-electron chi connectivity index (χ4n) is 3.75. The van der Waals surface area contributed by atoms with E-state index < -0.39 is 11.6 Å². The molecule has 2 aliphatic heterocycles. The van der Waals surface area contributed by atoms with Gasteiger partial charge in [0, 0.05) is 35.8 Å². The van der Waals surface area contributed by atoms with Crippen molar-refractivity contribution in [3.8, 4) is 0 Å². The summed E-state index contributed by atoms with van der Waals surface area (Å²) in [6.07, 6.45) is 4.03. The van der Waals surface area contributed by atoms with Crippen molar-refractivity contribution in [2.75, 3.05) is 25.1 Å².